The molecule has 0 radical (unpaired) electrons. The molecule has 0 saturated carbocycles. The van der Waals surface area contributed by atoms with Crippen molar-refractivity contribution in [2.75, 3.05) is 20.2 Å². The van der Waals surface area contributed by atoms with Gasteiger partial charge in [0, 0.05) is 19.1 Å². The molecule has 1 heterocycles. The van der Waals surface area contributed by atoms with Gasteiger partial charge in [0.1, 0.15) is 5.75 Å². The number of sulfonamides is 1. The first-order valence-electron chi connectivity index (χ1n) is 8.43. The summed E-state index contributed by atoms with van der Waals surface area (Å²) < 4.78 is 32.2. The molecule has 1 aliphatic heterocycles. The molecule has 1 aliphatic rings. The fraction of sp³-hybridized carbons (Fsp3) is 0.588. The standard InChI is InChI=1S/C17H25ClN2O4S/c1-4-12(2)19-17(21)13-6-5-9-20(11-13)25(22,23)14-7-8-16(24-3)15(18)10-14/h7-8,10,12-13H,4-6,9,11H2,1-3H3,(H,19,21)/t12-,13-/m1/s1. The van der Waals surface area contributed by atoms with Crippen LogP contribution < -0.4 is 10.1 Å². The Bertz CT molecular complexity index is 723. The molecule has 1 saturated heterocycles. The van der Waals surface area contributed by atoms with E-state index in [0.29, 0.717) is 25.1 Å². The van der Waals surface area contributed by atoms with Crippen LogP contribution in [0.3, 0.4) is 0 Å². The molecule has 2 rings (SSSR count). The fourth-order valence-electron chi connectivity index (χ4n) is 2.79. The molecule has 0 bridgehead atoms. The van der Waals surface area contributed by atoms with Crippen LogP contribution >= 0.6 is 11.6 Å². The number of amides is 1. The first-order valence-corrected chi connectivity index (χ1v) is 10.3. The highest BCUT2D eigenvalue weighted by atomic mass is 35.5. The highest BCUT2D eigenvalue weighted by Gasteiger charge is 2.33. The minimum atomic E-state index is -3.70. The van der Waals surface area contributed by atoms with E-state index in [1.807, 2.05) is 13.8 Å². The van der Waals surface area contributed by atoms with E-state index in [4.69, 9.17) is 16.3 Å². The number of carbonyl (C=O) groups excluding carboxylic acids is 1. The van der Waals surface area contributed by atoms with Crippen molar-refractivity contribution in [2.24, 2.45) is 5.92 Å². The van der Waals surface area contributed by atoms with Gasteiger partial charge in [0.05, 0.1) is 22.9 Å². The monoisotopic (exact) mass is 388 g/mol. The number of benzene rings is 1. The number of piperidine rings is 1. The van der Waals surface area contributed by atoms with Gasteiger partial charge in [-0.25, -0.2) is 8.42 Å². The maximum Gasteiger partial charge on any atom is 0.243 e. The Kier molecular flexibility index (Phi) is 6.71. The average Bonchev–Trinajstić information content (AvgIpc) is 2.61. The highest BCUT2D eigenvalue weighted by molar-refractivity contribution is 7.89. The molecule has 1 aromatic rings. The van der Waals surface area contributed by atoms with Crippen LogP contribution in [-0.4, -0.2) is 44.9 Å². The van der Waals surface area contributed by atoms with Crippen molar-refractivity contribution in [1.29, 1.82) is 0 Å². The molecule has 1 fully saturated rings. The van der Waals surface area contributed by atoms with Gasteiger partial charge in [-0.1, -0.05) is 18.5 Å². The van der Waals surface area contributed by atoms with Gasteiger partial charge in [0.15, 0.2) is 0 Å². The average molecular weight is 389 g/mol. The number of hydrogen-bond donors (Lipinski definition) is 1. The third-order valence-electron chi connectivity index (χ3n) is 4.52. The van der Waals surface area contributed by atoms with Gasteiger partial charge in [0.2, 0.25) is 15.9 Å². The highest BCUT2D eigenvalue weighted by Crippen LogP contribution is 2.30. The Hall–Kier alpha value is -1.31. The first-order chi connectivity index (χ1) is 11.8. The van der Waals surface area contributed by atoms with Crippen LogP contribution in [-0.2, 0) is 14.8 Å². The minimum Gasteiger partial charge on any atom is -0.495 e. The number of nitrogens with zero attached hydrogens (tertiary/aromatic N) is 1. The number of hydrogen-bond acceptors (Lipinski definition) is 4. The first kappa shape index (κ1) is 20.0. The second-order valence-corrected chi connectivity index (χ2v) is 8.66. The second-order valence-electron chi connectivity index (χ2n) is 6.32. The van der Waals surface area contributed by atoms with Crippen molar-refractivity contribution in [2.45, 2.75) is 44.0 Å². The van der Waals surface area contributed by atoms with E-state index >= 15 is 0 Å². The fourth-order valence-corrected chi connectivity index (χ4v) is 4.67. The molecule has 140 valence electrons. The zero-order valence-electron chi connectivity index (χ0n) is 14.8. The van der Waals surface area contributed by atoms with Gasteiger partial charge in [-0.15, -0.1) is 0 Å². The predicted octanol–water partition coefficient (Wildman–Crippen LogP) is 2.66. The maximum absolute atomic E-state index is 12.9. The van der Waals surface area contributed by atoms with Crippen LogP contribution in [0.5, 0.6) is 5.75 Å². The molecule has 6 nitrogen and oxygen atoms in total. The summed E-state index contributed by atoms with van der Waals surface area (Å²) in [6.07, 6.45) is 2.18. The van der Waals surface area contributed by atoms with Crippen LogP contribution in [0.4, 0.5) is 0 Å². The Labute approximate surface area is 154 Å². The lowest BCUT2D eigenvalue weighted by Crippen LogP contribution is -2.46. The van der Waals surface area contributed by atoms with Crippen molar-refractivity contribution < 1.29 is 17.9 Å². The Balaban J connectivity index is 2.16. The summed E-state index contributed by atoms with van der Waals surface area (Å²) in [5, 5.41) is 3.18. The van der Waals surface area contributed by atoms with Crippen LogP contribution in [0.1, 0.15) is 33.1 Å². The Morgan fingerprint density at radius 3 is 2.80 bits per heavy atom. The molecular weight excluding hydrogens is 364 g/mol. The molecule has 8 heteroatoms. The van der Waals surface area contributed by atoms with Gasteiger partial charge in [-0.3, -0.25) is 4.79 Å². The van der Waals surface area contributed by atoms with Crippen LogP contribution in [0.15, 0.2) is 23.1 Å². The van der Waals surface area contributed by atoms with Gasteiger partial charge < -0.3 is 10.1 Å². The number of rotatable bonds is 6. The lowest BCUT2D eigenvalue weighted by Gasteiger charge is -2.31. The third-order valence-corrected chi connectivity index (χ3v) is 6.67. The molecule has 0 spiro atoms. The molecule has 1 aromatic carbocycles. The van der Waals surface area contributed by atoms with E-state index in [0.717, 1.165) is 6.42 Å². The van der Waals surface area contributed by atoms with E-state index in [2.05, 4.69) is 5.32 Å². The molecule has 0 unspecified atom stereocenters. The minimum absolute atomic E-state index is 0.0815. The summed E-state index contributed by atoms with van der Waals surface area (Å²) in [5.41, 5.74) is 0. The molecule has 0 aliphatic carbocycles. The Morgan fingerprint density at radius 1 is 1.48 bits per heavy atom. The van der Waals surface area contributed by atoms with Crippen molar-refractivity contribution >= 4 is 27.5 Å². The lowest BCUT2D eigenvalue weighted by molar-refractivity contribution is -0.126. The second kappa shape index (κ2) is 8.38. The summed E-state index contributed by atoms with van der Waals surface area (Å²) in [7, 11) is -2.22. The van der Waals surface area contributed by atoms with Gasteiger partial charge in [0.25, 0.3) is 0 Å². The van der Waals surface area contributed by atoms with Crippen LogP contribution in [0.25, 0.3) is 0 Å². The van der Waals surface area contributed by atoms with E-state index in [-0.39, 0.29) is 34.3 Å². The zero-order valence-corrected chi connectivity index (χ0v) is 16.4. The van der Waals surface area contributed by atoms with Gasteiger partial charge >= 0.3 is 0 Å². The van der Waals surface area contributed by atoms with Crippen molar-refractivity contribution in [3.8, 4) is 5.75 Å². The van der Waals surface area contributed by atoms with E-state index in [1.165, 1.54) is 29.6 Å². The van der Waals surface area contributed by atoms with Crippen molar-refractivity contribution in [3.63, 3.8) is 0 Å². The lowest BCUT2D eigenvalue weighted by atomic mass is 9.98. The molecule has 25 heavy (non-hydrogen) atoms. The van der Waals surface area contributed by atoms with Crippen LogP contribution in [0.2, 0.25) is 5.02 Å². The molecule has 0 aromatic heterocycles. The molecule has 1 N–H and O–H groups in total. The van der Waals surface area contributed by atoms with Crippen LogP contribution in [0, 0.1) is 5.92 Å². The topological polar surface area (TPSA) is 75.7 Å². The van der Waals surface area contributed by atoms with E-state index < -0.39 is 10.0 Å². The quantitative estimate of drug-likeness (QED) is 0.812. The number of ether oxygens (including phenoxy) is 1. The smallest absolute Gasteiger partial charge is 0.243 e. The third kappa shape index (κ3) is 4.65. The summed E-state index contributed by atoms with van der Waals surface area (Å²) in [5.74, 6) is 0.0123. The number of carbonyl (C=O) groups is 1. The molecule has 1 amide bonds. The summed E-state index contributed by atoms with van der Waals surface area (Å²) >= 11 is 6.05. The van der Waals surface area contributed by atoms with Crippen molar-refractivity contribution in [3.05, 3.63) is 23.2 Å². The molecule has 2 atom stereocenters. The predicted molar refractivity (Wildman–Crippen MR) is 97.4 cm³/mol. The maximum atomic E-state index is 12.9. The zero-order chi connectivity index (χ0) is 18.6. The summed E-state index contributed by atoms with van der Waals surface area (Å²) in [6, 6.07) is 4.48. The largest absolute Gasteiger partial charge is 0.495 e. The molecular formula is C17H25ClN2O4S. The van der Waals surface area contributed by atoms with Gasteiger partial charge in [-0.2, -0.15) is 4.31 Å². The van der Waals surface area contributed by atoms with E-state index in [1.54, 1.807) is 0 Å². The number of halogens is 1. The summed E-state index contributed by atoms with van der Waals surface area (Å²) in [6.45, 7) is 4.53. The van der Waals surface area contributed by atoms with Crippen molar-refractivity contribution in [1.82, 2.24) is 9.62 Å². The normalized spacial score (nSPS) is 20.1. The van der Waals surface area contributed by atoms with Gasteiger partial charge in [-0.05, 0) is 44.4 Å². The summed E-state index contributed by atoms with van der Waals surface area (Å²) in [4.78, 5) is 12.5. The Morgan fingerprint density at radius 2 is 2.20 bits per heavy atom. The number of methoxy groups -OCH3 is 1. The number of nitrogens with one attached hydrogen (secondary N) is 1. The van der Waals surface area contributed by atoms with E-state index in [9.17, 15) is 13.2 Å². The SMILES string of the molecule is CC[C@@H](C)NC(=O)[C@@H]1CCCN(S(=O)(=O)c2ccc(OC)c(Cl)c2)C1.